The molecule has 0 unspecified atom stereocenters. The van der Waals surface area contributed by atoms with Gasteiger partial charge >= 0.3 is 5.97 Å². The molecule has 2 rings (SSSR count). The minimum atomic E-state index is -0.790. The van der Waals surface area contributed by atoms with Crippen LogP contribution in [0.4, 0.5) is 0 Å². The molecule has 0 heterocycles. The second kappa shape index (κ2) is 3.37. The summed E-state index contributed by atoms with van der Waals surface area (Å²) in [6.07, 6.45) is 2.56. The lowest BCUT2D eigenvalue weighted by molar-refractivity contribution is -0.142. The minimum Gasteiger partial charge on any atom is -0.481 e. The molecule has 15 heavy (non-hydrogen) atoms. The van der Waals surface area contributed by atoms with E-state index in [1.54, 1.807) is 13.8 Å². The molecule has 2 heteroatoms. The summed E-state index contributed by atoms with van der Waals surface area (Å²) < 4.78 is 0. The largest absolute Gasteiger partial charge is 0.481 e. The number of hydrogen-bond donors (Lipinski definition) is 1. The highest BCUT2D eigenvalue weighted by Gasteiger charge is 2.30. The van der Waals surface area contributed by atoms with Gasteiger partial charge in [-0.15, -0.1) is 0 Å². The topological polar surface area (TPSA) is 37.3 Å². The van der Waals surface area contributed by atoms with Crippen LogP contribution in [0.25, 0.3) is 0 Å². The second-order valence-corrected chi connectivity index (χ2v) is 4.83. The molecule has 1 aliphatic rings. The first-order chi connectivity index (χ1) is 7.01. The lowest BCUT2D eigenvalue weighted by Gasteiger charge is -2.19. The molecule has 0 aromatic heterocycles. The van der Waals surface area contributed by atoms with Crippen molar-refractivity contribution < 1.29 is 9.90 Å². The molecule has 0 spiro atoms. The minimum absolute atomic E-state index is 0.729. The first-order valence-corrected chi connectivity index (χ1v) is 5.35. The first-order valence-electron chi connectivity index (χ1n) is 5.35. The molecule has 1 fully saturated rings. The van der Waals surface area contributed by atoms with Gasteiger partial charge in [-0.3, -0.25) is 4.79 Å². The van der Waals surface area contributed by atoms with E-state index in [2.05, 4.69) is 12.1 Å². The summed E-state index contributed by atoms with van der Waals surface area (Å²) in [5, 5.41) is 9.09. The Morgan fingerprint density at radius 1 is 1.27 bits per heavy atom. The molecule has 0 bridgehead atoms. The maximum absolute atomic E-state index is 11.1. The monoisotopic (exact) mass is 204 g/mol. The average Bonchev–Trinajstić information content (AvgIpc) is 3.01. The van der Waals surface area contributed by atoms with Crippen molar-refractivity contribution >= 4 is 5.97 Å². The van der Waals surface area contributed by atoms with Gasteiger partial charge in [0.15, 0.2) is 0 Å². The molecule has 1 aromatic carbocycles. The quantitative estimate of drug-likeness (QED) is 0.822. The molecule has 2 nitrogen and oxygen atoms in total. The second-order valence-electron chi connectivity index (χ2n) is 4.83. The molecule has 0 amide bonds. The fourth-order valence-electron chi connectivity index (χ4n) is 1.71. The standard InChI is InChI=1S/C13H16O2/c1-13(2,12(14)15)11-7-5-10(6-8-11)9-3-4-9/h5-9H,3-4H2,1-2H3,(H,14,15). The predicted octanol–water partition coefficient (Wildman–Crippen LogP) is 2.93. The van der Waals surface area contributed by atoms with Crippen LogP contribution in [0.5, 0.6) is 0 Å². The van der Waals surface area contributed by atoms with Gasteiger partial charge in [0.05, 0.1) is 5.41 Å². The van der Waals surface area contributed by atoms with E-state index in [9.17, 15) is 4.79 Å². The third-order valence-corrected chi connectivity index (χ3v) is 3.22. The summed E-state index contributed by atoms with van der Waals surface area (Å²) in [5.41, 5.74) is 1.43. The van der Waals surface area contributed by atoms with E-state index in [-0.39, 0.29) is 0 Å². The van der Waals surface area contributed by atoms with Crippen LogP contribution in [0.2, 0.25) is 0 Å². The highest BCUT2D eigenvalue weighted by Crippen LogP contribution is 2.40. The van der Waals surface area contributed by atoms with Gasteiger partial charge in [-0.25, -0.2) is 0 Å². The molecule has 1 aromatic rings. The lowest BCUT2D eigenvalue weighted by Crippen LogP contribution is -2.28. The third-order valence-electron chi connectivity index (χ3n) is 3.22. The Morgan fingerprint density at radius 3 is 2.20 bits per heavy atom. The number of benzene rings is 1. The van der Waals surface area contributed by atoms with Crippen LogP contribution in [0.3, 0.4) is 0 Å². The summed E-state index contributed by atoms with van der Waals surface area (Å²) >= 11 is 0. The number of carboxylic acid groups (broad SMARTS) is 1. The Balaban J connectivity index is 2.26. The van der Waals surface area contributed by atoms with Crippen LogP contribution in [0.1, 0.15) is 43.7 Å². The number of carboxylic acids is 1. The van der Waals surface area contributed by atoms with Crippen molar-refractivity contribution in [3.63, 3.8) is 0 Å². The molecule has 0 aliphatic heterocycles. The van der Waals surface area contributed by atoms with Crippen LogP contribution >= 0.6 is 0 Å². The predicted molar refractivity (Wildman–Crippen MR) is 59.1 cm³/mol. The molecular formula is C13H16O2. The van der Waals surface area contributed by atoms with E-state index < -0.39 is 11.4 Å². The molecule has 1 aliphatic carbocycles. The molecule has 0 saturated heterocycles. The Morgan fingerprint density at radius 2 is 1.80 bits per heavy atom. The van der Waals surface area contributed by atoms with E-state index >= 15 is 0 Å². The average molecular weight is 204 g/mol. The van der Waals surface area contributed by atoms with Gasteiger partial charge in [0, 0.05) is 0 Å². The molecule has 1 saturated carbocycles. The van der Waals surface area contributed by atoms with Gasteiger partial charge in [-0.2, -0.15) is 0 Å². The Kier molecular flexibility index (Phi) is 2.29. The first kappa shape index (κ1) is 10.2. The van der Waals surface area contributed by atoms with Crippen LogP contribution < -0.4 is 0 Å². The van der Waals surface area contributed by atoms with Crippen molar-refractivity contribution in [2.45, 2.75) is 38.0 Å². The molecular weight excluding hydrogens is 188 g/mol. The van der Waals surface area contributed by atoms with Crippen LogP contribution in [-0.4, -0.2) is 11.1 Å². The highest BCUT2D eigenvalue weighted by atomic mass is 16.4. The van der Waals surface area contributed by atoms with Crippen molar-refractivity contribution in [2.75, 3.05) is 0 Å². The number of rotatable bonds is 3. The molecule has 1 N–H and O–H groups in total. The summed E-state index contributed by atoms with van der Waals surface area (Å²) in [7, 11) is 0. The summed E-state index contributed by atoms with van der Waals surface area (Å²) in [6.45, 7) is 3.48. The summed E-state index contributed by atoms with van der Waals surface area (Å²) in [5.74, 6) is -0.0475. The van der Waals surface area contributed by atoms with E-state index in [1.807, 2.05) is 12.1 Å². The Bertz CT molecular complexity index is 372. The molecule has 0 atom stereocenters. The third kappa shape index (κ3) is 1.89. The number of carbonyl (C=O) groups is 1. The van der Waals surface area contributed by atoms with E-state index in [0.717, 1.165) is 11.5 Å². The maximum atomic E-state index is 11.1. The Hall–Kier alpha value is -1.31. The van der Waals surface area contributed by atoms with Crippen molar-refractivity contribution in [3.05, 3.63) is 35.4 Å². The van der Waals surface area contributed by atoms with E-state index in [0.29, 0.717) is 0 Å². The molecule has 0 radical (unpaired) electrons. The van der Waals surface area contributed by atoms with Gasteiger partial charge in [-0.05, 0) is 43.7 Å². The highest BCUT2D eigenvalue weighted by molar-refractivity contribution is 5.80. The van der Waals surface area contributed by atoms with Gasteiger partial charge in [0.2, 0.25) is 0 Å². The van der Waals surface area contributed by atoms with Crippen LogP contribution in [0.15, 0.2) is 24.3 Å². The fourth-order valence-corrected chi connectivity index (χ4v) is 1.71. The van der Waals surface area contributed by atoms with Gasteiger partial charge < -0.3 is 5.11 Å². The fraction of sp³-hybridized carbons (Fsp3) is 0.462. The maximum Gasteiger partial charge on any atom is 0.313 e. The normalized spacial score (nSPS) is 16.4. The SMILES string of the molecule is CC(C)(C(=O)O)c1ccc(C2CC2)cc1. The van der Waals surface area contributed by atoms with Crippen molar-refractivity contribution in [1.82, 2.24) is 0 Å². The Labute approximate surface area is 89.9 Å². The van der Waals surface area contributed by atoms with E-state index in [4.69, 9.17) is 5.11 Å². The van der Waals surface area contributed by atoms with Gasteiger partial charge in [0.25, 0.3) is 0 Å². The summed E-state index contributed by atoms with van der Waals surface area (Å²) in [4.78, 5) is 11.1. The van der Waals surface area contributed by atoms with Gasteiger partial charge in [-0.1, -0.05) is 24.3 Å². The lowest BCUT2D eigenvalue weighted by atomic mass is 9.84. The summed E-state index contributed by atoms with van der Waals surface area (Å²) in [6, 6.07) is 8.03. The van der Waals surface area contributed by atoms with Crippen molar-refractivity contribution in [1.29, 1.82) is 0 Å². The molecule has 80 valence electrons. The van der Waals surface area contributed by atoms with Crippen LogP contribution in [-0.2, 0) is 10.2 Å². The van der Waals surface area contributed by atoms with E-state index in [1.165, 1.54) is 18.4 Å². The van der Waals surface area contributed by atoms with Gasteiger partial charge in [0.1, 0.15) is 0 Å². The zero-order chi connectivity index (χ0) is 11.1. The smallest absolute Gasteiger partial charge is 0.313 e. The van der Waals surface area contributed by atoms with Crippen LogP contribution in [0, 0.1) is 0 Å². The number of aliphatic carboxylic acids is 1. The zero-order valence-electron chi connectivity index (χ0n) is 9.16. The van der Waals surface area contributed by atoms with Crippen molar-refractivity contribution in [3.8, 4) is 0 Å². The number of hydrogen-bond acceptors (Lipinski definition) is 1. The zero-order valence-corrected chi connectivity index (χ0v) is 9.16. The van der Waals surface area contributed by atoms with Crippen molar-refractivity contribution in [2.24, 2.45) is 0 Å².